The van der Waals surface area contributed by atoms with Crippen molar-refractivity contribution in [3.63, 3.8) is 0 Å². The highest BCUT2D eigenvalue weighted by atomic mass is 16.5. The molecule has 0 saturated heterocycles. The molecule has 1 aromatic rings. The molecule has 0 aromatic heterocycles. The fourth-order valence-corrected chi connectivity index (χ4v) is 3.95. The highest BCUT2D eigenvalue weighted by Crippen LogP contribution is 2.33. The van der Waals surface area contributed by atoms with Gasteiger partial charge in [0.2, 0.25) is 0 Å². The Kier molecular flexibility index (Phi) is 10.5. The number of hydrogen-bond acceptors (Lipinski definition) is 4. The number of carbonyl (C=O) groups is 2. The van der Waals surface area contributed by atoms with E-state index >= 15 is 0 Å². The van der Waals surface area contributed by atoms with Gasteiger partial charge < -0.3 is 9.47 Å². The van der Waals surface area contributed by atoms with E-state index in [0.717, 1.165) is 25.7 Å². The minimum absolute atomic E-state index is 0.0933. The van der Waals surface area contributed by atoms with Gasteiger partial charge in [0.1, 0.15) is 13.2 Å². The molecule has 0 saturated carbocycles. The van der Waals surface area contributed by atoms with Crippen LogP contribution in [0.25, 0.3) is 0 Å². The van der Waals surface area contributed by atoms with Crippen molar-refractivity contribution in [2.24, 2.45) is 22.7 Å². The van der Waals surface area contributed by atoms with Gasteiger partial charge in [-0.05, 0) is 35.8 Å². The molecule has 0 heterocycles. The van der Waals surface area contributed by atoms with Crippen molar-refractivity contribution >= 4 is 11.9 Å². The zero-order valence-electron chi connectivity index (χ0n) is 20.5. The summed E-state index contributed by atoms with van der Waals surface area (Å²) < 4.78 is 11.0. The van der Waals surface area contributed by atoms with Crippen LogP contribution < -0.4 is 0 Å². The van der Waals surface area contributed by atoms with E-state index in [9.17, 15) is 9.59 Å². The summed E-state index contributed by atoms with van der Waals surface area (Å²) in [6, 6.07) is 6.48. The molecule has 1 aromatic carbocycles. The highest BCUT2D eigenvalue weighted by molar-refractivity contribution is 6.03. The van der Waals surface area contributed by atoms with E-state index in [-0.39, 0.29) is 47.0 Å². The first-order chi connectivity index (χ1) is 15.0. The number of esters is 2. The lowest BCUT2D eigenvalue weighted by Crippen LogP contribution is -2.29. The van der Waals surface area contributed by atoms with Crippen LogP contribution in [0.5, 0.6) is 0 Å². The Bertz CT molecular complexity index is 780. The predicted molar refractivity (Wildman–Crippen MR) is 129 cm³/mol. The molecule has 0 radical (unpaired) electrons. The van der Waals surface area contributed by atoms with Crippen molar-refractivity contribution in [2.75, 3.05) is 13.2 Å². The molecule has 0 N–H and O–H groups in total. The van der Waals surface area contributed by atoms with Crippen molar-refractivity contribution in [3.05, 3.63) is 35.4 Å². The van der Waals surface area contributed by atoms with Crippen LogP contribution in [0.4, 0.5) is 0 Å². The van der Waals surface area contributed by atoms with Gasteiger partial charge in [-0.1, -0.05) is 78.4 Å². The van der Waals surface area contributed by atoms with Gasteiger partial charge >= 0.3 is 11.9 Å². The van der Waals surface area contributed by atoms with E-state index in [1.807, 2.05) is 0 Å². The Labute approximate surface area is 194 Å². The Balaban J connectivity index is 2.91. The summed E-state index contributed by atoms with van der Waals surface area (Å²) in [5, 5.41) is 0. The molecule has 1 rings (SSSR count). The second-order valence-corrected chi connectivity index (χ2v) is 9.66. The van der Waals surface area contributed by atoms with Crippen molar-refractivity contribution in [2.45, 2.75) is 67.2 Å². The largest absolute Gasteiger partial charge is 0.461 e. The number of hydrogen-bond donors (Lipinski definition) is 0. The fourth-order valence-electron chi connectivity index (χ4n) is 3.95. The summed E-state index contributed by atoms with van der Waals surface area (Å²) in [5.74, 6) is 3.87. The summed E-state index contributed by atoms with van der Waals surface area (Å²) in [5.41, 5.74) is 0.00785. The van der Waals surface area contributed by atoms with Crippen LogP contribution in [-0.4, -0.2) is 25.2 Å². The normalized spacial score (nSPS) is 13.4. The molecule has 32 heavy (non-hydrogen) atoms. The molecular weight excluding hydrogens is 400 g/mol. The molecule has 0 spiro atoms. The third-order valence-corrected chi connectivity index (χ3v) is 6.21. The molecule has 0 fully saturated rings. The van der Waals surface area contributed by atoms with Crippen LogP contribution in [-0.2, 0) is 9.47 Å². The van der Waals surface area contributed by atoms with Crippen LogP contribution >= 0.6 is 0 Å². The standard InChI is InChI=1S/C28H38O4/c1-9-17-27(5,6)21(11-3)19-31-25(29)23-15-13-14-16-24(23)26(30)32-20-22(12-4)28(7,8)18-10-2/h3-4,13-16,21-22H,9-10,17-20H2,1-2,5-8H3. The molecule has 2 unspecified atom stereocenters. The van der Waals surface area contributed by atoms with Crippen LogP contribution in [0.15, 0.2) is 24.3 Å². The van der Waals surface area contributed by atoms with Crippen molar-refractivity contribution < 1.29 is 19.1 Å². The Morgan fingerprint density at radius 2 is 1.16 bits per heavy atom. The van der Waals surface area contributed by atoms with E-state index in [1.54, 1.807) is 24.3 Å². The zero-order chi connectivity index (χ0) is 24.4. The quantitative estimate of drug-likeness (QED) is 0.290. The smallest absolute Gasteiger partial charge is 0.339 e. The van der Waals surface area contributed by atoms with Gasteiger partial charge in [-0.3, -0.25) is 0 Å². The van der Waals surface area contributed by atoms with E-state index in [4.69, 9.17) is 22.3 Å². The van der Waals surface area contributed by atoms with Crippen LogP contribution in [0.3, 0.4) is 0 Å². The molecule has 0 bridgehead atoms. The molecule has 2 atom stereocenters. The lowest BCUT2D eigenvalue weighted by Gasteiger charge is -2.30. The molecular formula is C28H38O4. The highest BCUT2D eigenvalue weighted by Gasteiger charge is 2.30. The van der Waals surface area contributed by atoms with Crippen LogP contribution in [0.1, 0.15) is 87.9 Å². The third kappa shape index (κ3) is 7.45. The summed E-state index contributed by atoms with van der Waals surface area (Å²) in [7, 11) is 0. The first-order valence-electron chi connectivity index (χ1n) is 11.4. The number of benzene rings is 1. The SMILES string of the molecule is C#CC(COC(=O)c1ccccc1C(=O)OCC(C#C)C(C)(C)CCC)C(C)(C)CCC. The second-order valence-electron chi connectivity index (χ2n) is 9.66. The summed E-state index contributed by atoms with van der Waals surface area (Å²) in [4.78, 5) is 25.6. The van der Waals surface area contributed by atoms with E-state index in [0.29, 0.717) is 0 Å². The average molecular weight is 439 g/mol. The molecule has 0 aliphatic rings. The minimum atomic E-state index is -0.593. The van der Waals surface area contributed by atoms with Crippen molar-refractivity contribution in [3.8, 4) is 24.7 Å². The van der Waals surface area contributed by atoms with Crippen LogP contribution in [0, 0.1) is 47.4 Å². The van der Waals surface area contributed by atoms with Gasteiger partial charge in [0, 0.05) is 0 Å². The Hall–Kier alpha value is -2.72. The predicted octanol–water partition coefficient (Wildman–Crippen LogP) is 6.15. The first-order valence-corrected chi connectivity index (χ1v) is 11.4. The number of terminal acetylenes is 2. The third-order valence-electron chi connectivity index (χ3n) is 6.21. The first kappa shape index (κ1) is 27.3. The minimum Gasteiger partial charge on any atom is -0.461 e. The van der Waals surface area contributed by atoms with Gasteiger partial charge in [0.25, 0.3) is 0 Å². The number of carbonyl (C=O) groups excluding carboxylic acids is 2. The zero-order valence-corrected chi connectivity index (χ0v) is 20.5. The second kappa shape index (κ2) is 12.4. The molecule has 0 aliphatic heterocycles. The topological polar surface area (TPSA) is 52.6 Å². The van der Waals surface area contributed by atoms with E-state index in [1.165, 1.54) is 0 Å². The van der Waals surface area contributed by atoms with Gasteiger partial charge in [-0.15, -0.1) is 12.8 Å². The molecule has 0 amide bonds. The van der Waals surface area contributed by atoms with Crippen molar-refractivity contribution in [1.82, 2.24) is 0 Å². The summed E-state index contributed by atoms with van der Waals surface area (Å²) >= 11 is 0. The van der Waals surface area contributed by atoms with Gasteiger partial charge in [0.15, 0.2) is 0 Å². The molecule has 174 valence electrons. The molecule has 4 heteroatoms. The average Bonchev–Trinajstić information content (AvgIpc) is 2.73. The maximum Gasteiger partial charge on any atom is 0.339 e. The summed E-state index contributed by atoms with van der Waals surface area (Å²) in [6.45, 7) is 12.7. The van der Waals surface area contributed by atoms with Gasteiger partial charge in [-0.2, -0.15) is 0 Å². The van der Waals surface area contributed by atoms with E-state index < -0.39 is 11.9 Å². The van der Waals surface area contributed by atoms with E-state index in [2.05, 4.69) is 53.4 Å². The Morgan fingerprint density at radius 3 is 1.44 bits per heavy atom. The summed E-state index contributed by atoms with van der Waals surface area (Å²) in [6.07, 6.45) is 15.2. The molecule has 0 aliphatic carbocycles. The lowest BCUT2D eigenvalue weighted by atomic mass is 9.76. The number of ether oxygens (including phenoxy) is 2. The lowest BCUT2D eigenvalue weighted by molar-refractivity contribution is 0.0333. The fraction of sp³-hybridized carbons (Fsp3) is 0.571. The number of rotatable bonds is 12. The Morgan fingerprint density at radius 1 is 0.812 bits per heavy atom. The van der Waals surface area contributed by atoms with Crippen molar-refractivity contribution in [1.29, 1.82) is 0 Å². The van der Waals surface area contributed by atoms with Gasteiger partial charge in [-0.25, -0.2) is 9.59 Å². The maximum absolute atomic E-state index is 12.8. The van der Waals surface area contributed by atoms with Gasteiger partial charge in [0.05, 0.1) is 23.0 Å². The molecule has 4 nitrogen and oxygen atoms in total. The monoisotopic (exact) mass is 438 g/mol. The maximum atomic E-state index is 12.8. The van der Waals surface area contributed by atoms with Crippen LogP contribution in [0.2, 0.25) is 0 Å².